The number of aliphatic carboxylic acids is 1. The summed E-state index contributed by atoms with van der Waals surface area (Å²) < 4.78 is 0. The van der Waals surface area contributed by atoms with E-state index in [0.717, 1.165) is 25.0 Å². The number of nitrogens with zero attached hydrogens (tertiary/aromatic N) is 3. The number of aromatic nitrogens is 3. The molecule has 0 aliphatic heterocycles. The van der Waals surface area contributed by atoms with Crippen molar-refractivity contribution in [3.05, 3.63) is 18.0 Å². The maximum absolute atomic E-state index is 10.6. The van der Waals surface area contributed by atoms with Crippen molar-refractivity contribution in [2.45, 2.75) is 636 Å². The van der Waals surface area contributed by atoms with Gasteiger partial charge in [0, 0.05) is 6.42 Å². The van der Waals surface area contributed by atoms with E-state index in [1.165, 1.54) is 610 Å². The van der Waals surface area contributed by atoms with Gasteiger partial charge in [0.25, 0.3) is 0 Å². The number of hydrogen-bond acceptors (Lipinski definition) is 4. The van der Waals surface area contributed by atoms with Gasteiger partial charge in [-0.05, 0) is 30.5 Å². The minimum absolute atomic E-state index is 0.347. The van der Waals surface area contributed by atoms with Crippen molar-refractivity contribution in [3.63, 3.8) is 0 Å². The summed E-state index contributed by atoms with van der Waals surface area (Å²) in [7, 11) is 0. The van der Waals surface area contributed by atoms with E-state index in [1.807, 2.05) is 6.07 Å². The van der Waals surface area contributed by atoms with Crippen LogP contribution < -0.4 is 0 Å². The molecule has 0 unspecified atom stereocenters. The van der Waals surface area contributed by atoms with Gasteiger partial charge in [0.1, 0.15) is 0 Å². The maximum atomic E-state index is 10.6. The summed E-state index contributed by atoms with van der Waals surface area (Å²) in [6.45, 7) is 0. The van der Waals surface area contributed by atoms with Gasteiger partial charge in [-0.3, -0.25) is 4.79 Å². The molecule has 5 nitrogen and oxygen atoms in total. The Labute approximate surface area is 680 Å². The van der Waals surface area contributed by atoms with Gasteiger partial charge in [0.05, 0.1) is 11.9 Å². The fourth-order valence-corrected chi connectivity index (χ4v) is 17.8. The molecule has 1 aromatic rings. The fourth-order valence-electron chi connectivity index (χ4n) is 17.8. The van der Waals surface area contributed by atoms with Crippen molar-refractivity contribution in [1.82, 2.24) is 15.4 Å². The average Bonchev–Trinajstić information content (AvgIpc) is 1.05. The van der Waals surface area contributed by atoms with Gasteiger partial charge >= 0.3 is 5.97 Å². The monoisotopic (exact) mass is 1510 g/mol. The molecule has 0 aliphatic carbocycles. The number of carboxylic acids is 1. The summed E-state index contributed by atoms with van der Waals surface area (Å²) in [5.41, 5.74) is 1.09. The Balaban J connectivity index is 1.58. The predicted molar refractivity (Wildman–Crippen MR) is 484 cm³/mol. The normalized spacial score (nSPS) is 11.7. The summed E-state index contributed by atoms with van der Waals surface area (Å²) in [5, 5.41) is 20.3. The second-order valence-corrected chi connectivity index (χ2v) is 36.3. The van der Waals surface area contributed by atoms with Crippen LogP contribution in [0.4, 0.5) is 0 Å². The third kappa shape index (κ3) is 95.1. The van der Waals surface area contributed by atoms with Crippen LogP contribution in [-0.4, -0.2) is 26.5 Å². The molecule has 108 heavy (non-hydrogen) atoms. The number of unbranched alkanes of at least 4 members (excludes halogenated alkanes) is 96. The van der Waals surface area contributed by atoms with Crippen LogP contribution in [0.1, 0.15) is 635 Å². The Morgan fingerprint density at radius 1 is 0.176 bits per heavy atom. The average molecular weight is 1510 g/mol. The van der Waals surface area contributed by atoms with Crippen LogP contribution in [0, 0.1) is 0 Å². The number of carbonyl (C=O) groups is 1. The SMILES string of the molecule is O=C(O)CCCCCCCCCCCCCCCCCCCCCCCCCCCCCCCCCCCCCCCCCCCCCCCCCCCCCCCCCCCCCCCCCCCCCCCCCCCCCCCCCCCCCCCCCCCCCCCCCCCc1ccnnn1. The lowest BCUT2D eigenvalue weighted by molar-refractivity contribution is -0.137. The zero-order valence-corrected chi connectivity index (χ0v) is 74.4. The lowest BCUT2D eigenvalue weighted by atomic mass is 10.0. The molecule has 1 N–H and O–H groups in total. The highest BCUT2D eigenvalue weighted by Gasteiger charge is 2.05. The molecule has 640 valence electrons. The highest BCUT2D eigenvalue weighted by atomic mass is 16.4. The summed E-state index contributed by atoms with van der Waals surface area (Å²) >= 11 is 0. The van der Waals surface area contributed by atoms with E-state index in [4.69, 9.17) is 5.11 Å². The molecule has 1 rings (SSSR count). The molecule has 1 aromatic heterocycles. The van der Waals surface area contributed by atoms with Gasteiger partial charge in [-0.25, -0.2) is 0 Å². The molecule has 0 saturated heterocycles. The van der Waals surface area contributed by atoms with Crippen LogP contribution in [0.2, 0.25) is 0 Å². The number of hydrogen-bond donors (Lipinski definition) is 1. The Kier molecular flexibility index (Phi) is 94.7. The molecule has 0 saturated carbocycles. The molecular formula is C103H201N3O2. The standard InChI is InChI=1S/C103H201N3O2/c107-103(108)99-97-95-93-91-89-87-85-83-81-79-77-75-73-71-69-67-65-63-61-59-57-55-53-51-49-47-45-43-41-39-37-35-33-31-29-27-25-23-21-19-17-15-13-11-9-7-5-3-1-2-4-6-8-10-12-14-16-18-20-22-24-26-28-30-32-34-36-38-40-42-44-46-48-50-52-54-56-58-60-62-64-66-68-70-72-74-76-78-80-82-84-86-88-90-92-94-96-98-102-100-101-104-106-105-102/h100-101H,1-99H2,(H,107,108). The van der Waals surface area contributed by atoms with Gasteiger partial charge in [0.2, 0.25) is 0 Å². The second-order valence-electron chi connectivity index (χ2n) is 36.3. The first kappa shape index (κ1) is 104. The quantitative estimate of drug-likeness (QED) is 0.0658. The van der Waals surface area contributed by atoms with E-state index in [1.54, 1.807) is 6.20 Å². The third-order valence-electron chi connectivity index (χ3n) is 25.4. The maximum Gasteiger partial charge on any atom is 0.303 e. The molecule has 5 heteroatoms. The smallest absolute Gasteiger partial charge is 0.303 e. The Morgan fingerprint density at radius 3 is 0.389 bits per heavy atom. The van der Waals surface area contributed by atoms with Gasteiger partial charge in [-0.1, -0.05) is 610 Å². The number of carboxylic acid groups (broad SMARTS) is 1. The van der Waals surface area contributed by atoms with Crippen LogP contribution in [0.15, 0.2) is 12.3 Å². The van der Waals surface area contributed by atoms with Crippen LogP contribution in [-0.2, 0) is 11.2 Å². The van der Waals surface area contributed by atoms with E-state index in [0.29, 0.717) is 6.42 Å². The topological polar surface area (TPSA) is 76.0 Å². The molecule has 0 radical (unpaired) electrons. The highest BCUT2D eigenvalue weighted by molar-refractivity contribution is 5.66. The number of aryl methyl sites for hydroxylation is 1. The van der Waals surface area contributed by atoms with Crippen molar-refractivity contribution in [3.8, 4) is 0 Å². The molecule has 0 aliphatic rings. The highest BCUT2D eigenvalue weighted by Crippen LogP contribution is 2.24. The van der Waals surface area contributed by atoms with E-state index in [9.17, 15) is 4.79 Å². The molecule has 0 amide bonds. The first-order valence-electron chi connectivity index (χ1n) is 51.6. The summed E-state index contributed by atoms with van der Waals surface area (Å²) in [5.74, 6) is -0.645. The van der Waals surface area contributed by atoms with Gasteiger partial charge in [-0.2, -0.15) is 0 Å². The Hall–Kier alpha value is -1.52. The zero-order valence-electron chi connectivity index (χ0n) is 74.4. The molecule has 1 heterocycles. The first-order valence-corrected chi connectivity index (χ1v) is 51.6. The van der Waals surface area contributed by atoms with Crippen molar-refractivity contribution in [2.75, 3.05) is 0 Å². The number of rotatable bonds is 100. The predicted octanol–water partition coefficient (Wildman–Crippen LogP) is 37.7. The zero-order chi connectivity index (χ0) is 76.7. The fraction of sp³-hybridized carbons (Fsp3) is 0.961. The van der Waals surface area contributed by atoms with Crippen LogP contribution >= 0.6 is 0 Å². The minimum atomic E-state index is -0.645. The second kappa shape index (κ2) is 97.8. The van der Waals surface area contributed by atoms with E-state index < -0.39 is 5.97 Å². The Bertz CT molecular complexity index is 1720. The van der Waals surface area contributed by atoms with Crippen LogP contribution in [0.5, 0.6) is 0 Å². The van der Waals surface area contributed by atoms with Crippen molar-refractivity contribution >= 4 is 5.97 Å². The van der Waals surface area contributed by atoms with Gasteiger partial charge in [0.15, 0.2) is 0 Å². The van der Waals surface area contributed by atoms with Crippen molar-refractivity contribution in [2.24, 2.45) is 0 Å². The first-order chi connectivity index (χ1) is 53.8. The van der Waals surface area contributed by atoms with Crippen LogP contribution in [0.3, 0.4) is 0 Å². The summed E-state index contributed by atoms with van der Waals surface area (Å²) in [6.07, 6.45) is 145. The summed E-state index contributed by atoms with van der Waals surface area (Å²) in [4.78, 5) is 10.6. The van der Waals surface area contributed by atoms with Gasteiger partial charge in [-0.15, -0.1) is 10.2 Å². The van der Waals surface area contributed by atoms with E-state index in [2.05, 4.69) is 15.4 Å². The molecule has 0 spiro atoms. The van der Waals surface area contributed by atoms with Crippen molar-refractivity contribution in [1.29, 1.82) is 0 Å². The lowest BCUT2D eigenvalue weighted by Crippen LogP contribution is -1.94. The summed E-state index contributed by atoms with van der Waals surface area (Å²) in [6, 6.07) is 1.99. The van der Waals surface area contributed by atoms with E-state index >= 15 is 0 Å². The molecular weight excluding hydrogens is 1310 g/mol. The minimum Gasteiger partial charge on any atom is -0.481 e. The molecule has 0 atom stereocenters. The lowest BCUT2D eigenvalue weighted by Gasteiger charge is -2.05. The molecule has 0 fully saturated rings. The largest absolute Gasteiger partial charge is 0.481 e. The van der Waals surface area contributed by atoms with Crippen molar-refractivity contribution < 1.29 is 9.90 Å². The van der Waals surface area contributed by atoms with Gasteiger partial charge < -0.3 is 5.11 Å². The third-order valence-corrected chi connectivity index (χ3v) is 25.4. The van der Waals surface area contributed by atoms with E-state index in [-0.39, 0.29) is 0 Å². The Morgan fingerprint density at radius 2 is 0.287 bits per heavy atom. The van der Waals surface area contributed by atoms with Crippen LogP contribution in [0.25, 0.3) is 0 Å². The molecule has 0 aromatic carbocycles. The molecule has 0 bridgehead atoms.